The molecule has 0 unspecified atom stereocenters. The van der Waals surface area contributed by atoms with E-state index in [1.165, 1.54) is 6.07 Å². The number of rotatable bonds is 5. The molecule has 0 radical (unpaired) electrons. The molecule has 1 amide bonds. The fourth-order valence-electron chi connectivity index (χ4n) is 1.80. The maximum Gasteiger partial charge on any atom is 0.329 e. The second-order valence-electron chi connectivity index (χ2n) is 4.24. The number of hydrogen-bond acceptors (Lipinski definition) is 3. The lowest BCUT2D eigenvalue weighted by molar-refractivity contribution is -0.144. The number of carbonyl (C=O) groups excluding carboxylic acids is 1. The molecule has 0 aliphatic heterocycles. The minimum absolute atomic E-state index is 0.284. The Morgan fingerprint density at radius 1 is 1.37 bits per heavy atom. The molecular formula is C14H16N2O3. The summed E-state index contributed by atoms with van der Waals surface area (Å²) in [6, 6.07) is 8.10. The van der Waals surface area contributed by atoms with E-state index in [-0.39, 0.29) is 5.56 Å². The van der Waals surface area contributed by atoms with Crippen LogP contribution in [-0.2, 0) is 4.79 Å². The van der Waals surface area contributed by atoms with Crippen molar-refractivity contribution in [3.05, 3.63) is 35.4 Å². The quantitative estimate of drug-likeness (QED) is 0.846. The normalized spacial score (nSPS) is 10.6. The topological polar surface area (TPSA) is 90.2 Å². The van der Waals surface area contributed by atoms with Gasteiger partial charge in [-0.15, -0.1) is 0 Å². The van der Waals surface area contributed by atoms with Gasteiger partial charge in [-0.25, -0.2) is 4.79 Å². The zero-order valence-electron chi connectivity index (χ0n) is 10.9. The van der Waals surface area contributed by atoms with Crippen LogP contribution in [0.1, 0.15) is 42.6 Å². The third-order valence-corrected chi connectivity index (χ3v) is 3.22. The highest BCUT2D eigenvalue weighted by Gasteiger charge is 2.36. The lowest BCUT2D eigenvalue weighted by Gasteiger charge is -2.28. The SMILES string of the molecule is CCC(CC)(NC(=O)c1cccc(C#N)c1)C(=O)O. The Morgan fingerprint density at radius 2 is 2.00 bits per heavy atom. The molecule has 1 aromatic rings. The smallest absolute Gasteiger partial charge is 0.329 e. The van der Waals surface area contributed by atoms with E-state index in [1.54, 1.807) is 32.0 Å². The van der Waals surface area contributed by atoms with Gasteiger partial charge in [0.05, 0.1) is 11.6 Å². The van der Waals surface area contributed by atoms with Gasteiger partial charge in [0.25, 0.3) is 5.91 Å². The first kappa shape index (κ1) is 14.7. The Balaban J connectivity index is 3.01. The summed E-state index contributed by atoms with van der Waals surface area (Å²) < 4.78 is 0. The first-order valence-corrected chi connectivity index (χ1v) is 6.05. The van der Waals surface area contributed by atoms with E-state index < -0.39 is 17.4 Å². The van der Waals surface area contributed by atoms with Gasteiger partial charge in [0.15, 0.2) is 0 Å². The molecule has 0 aromatic heterocycles. The molecule has 100 valence electrons. The van der Waals surface area contributed by atoms with Crippen LogP contribution in [0.25, 0.3) is 0 Å². The van der Waals surface area contributed by atoms with Gasteiger partial charge in [-0.2, -0.15) is 5.26 Å². The summed E-state index contributed by atoms with van der Waals surface area (Å²) in [7, 11) is 0. The van der Waals surface area contributed by atoms with Crippen LogP contribution in [0.4, 0.5) is 0 Å². The average Bonchev–Trinajstić information content (AvgIpc) is 2.44. The van der Waals surface area contributed by atoms with Crippen molar-refractivity contribution in [1.29, 1.82) is 5.26 Å². The van der Waals surface area contributed by atoms with Gasteiger partial charge in [-0.1, -0.05) is 19.9 Å². The second kappa shape index (κ2) is 6.01. The molecule has 0 heterocycles. The summed E-state index contributed by atoms with van der Waals surface area (Å²) in [5.41, 5.74) is -0.618. The fraction of sp³-hybridized carbons (Fsp3) is 0.357. The average molecular weight is 260 g/mol. The molecule has 5 heteroatoms. The van der Waals surface area contributed by atoms with E-state index in [4.69, 9.17) is 5.26 Å². The largest absolute Gasteiger partial charge is 0.480 e. The monoisotopic (exact) mass is 260 g/mol. The number of carboxylic acid groups (broad SMARTS) is 1. The lowest BCUT2D eigenvalue weighted by atomic mass is 9.92. The zero-order chi connectivity index (χ0) is 14.5. The summed E-state index contributed by atoms with van der Waals surface area (Å²) in [6.07, 6.45) is 0.588. The van der Waals surface area contributed by atoms with Crippen molar-refractivity contribution in [3.63, 3.8) is 0 Å². The van der Waals surface area contributed by atoms with Crippen LogP contribution in [-0.4, -0.2) is 22.5 Å². The first-order valence-electron chi connectivity index (χ1n) is 6.05. The molecule has 1 rings (SSSR count). The summed E-state index contributed by atoms with van der Waals surface area (Å²) >= 11 is 0. The first-order chi connectivity index (χ1) is 8.99. The third kappa shape index (κ3) is 3.10. The molecule has 0 aliphatic carbocycles. The minimum atomic E-state index is -1.26. The predicted octanol–water partition coefficient (Wildman–Crippen LogP) is 1.93. The van der Waals surface area contributed by atoms with E-state index in [2.05, 4.69) is 5.32 Å². The van der Waals surface area contributed by atoms with E-state index >= 15 is 0 Å². The highest BCUT2D eigenvalue weighted by molar-refractivity contribution is 5.98. The molecule has 0 saturated heterocycles. The predicted molar refractivity (Wildman–Crippen MR) is 69.6 cm³/mol. The van der Waals surface area contributed by atoms with E-state index in [0.717, 1.165) is 0 Å². The molecule has 0 atom stereocenters. The highest BCUT2D eigenvalue weighted by atomic mass is 16.4. The van der Waals surface area contributed by atoms with Gasteiger partial charge in [0, 0.05) is 5.56 Å². The Morgan fingerprint density at radius 3 is 2.47 bits per heavy atom. The maximum atomic E-state index is 12.1. The van der Waals surface area contributed by atoms with Gasteiger partial charge in [0.1, 0.15) is 5.54 Å². The number of amides is 1. The molecule has 0 spiro atoms. The Bertz CT molecular complexity index is 528. The number of nitrogens with one attached hydrogen (secondary N) is 1. The van der Waals surface area contributed by atoms with Crippen LogP contribution in [0.3, 0.4) is 0 Å². The van der Waals surface area contributed by atoms with Gasteiger partial charge in [0.2, 0.25) is 0 Å². The fourth-order valence-corrected chi connectivity index (χ4v) is 1.80. The molecule has 0 bridgehead atoms. The van der Waals surface area contributed by atoms with Crippen LogP contribution in [0.2, 0.25) is 0 Å². The van der Waals surface area contributed by atoms with Crippen LogP contribution < -0.4 is 5.32 Å². The standard InChI is InChI=1S/C14H16N2O3/c1-3-14(4-2,13(18)19)16-12(17)11-7-5-6-10(8-11)9-15/h5-8H,3-4H2,1-2H3,(H,16,17)(H,18,19). The van der Waals surface area contributed by atoms with Crippen molar-refractivity contribution >= 4 is 11.9 Å². The Labute approximate surface area is 111 Å². The second-order valence-corrected chi connectivity index (χ2v) is 4.24. The third-order valence-electron chi connectivity index (χ3n) is 3.22. The highest BCUT2D eigenvalue weighted by Crippen LogP contribution is 2.17. The molecule has 19 heavy (non-hydrogen) atoms. The van der Waals surface area contributed by atoms with Crippen molar-refractivity contribution < 1.29 is 14.7 Å². The number of nitriles is 1. The zero-order valence-corrected chi connectivity index (χ0v) is 10.9. The molecule has 5 nitrogen and oxygen atoms in total. The van der Waals surface area contributed by atoms with Crippen molar-refractivity contribution in [2.75, 3.05) is 0 Å². The summed E-state index contributed by atoms with van der Waals surface area (Å²) in [4.78, 5) is 23.4. The van der Waals surface area contributed by atoms with Crippen LogP contribution in [0.15, 0.2) is 24.3 Å². The molecular weight excluding hydrogens is 244 g/mol. The number of carbonyl (C=O) groups is 2. The van der Waals surface area contributed by atoms with E-state index in [9.17, 15) is 14.7 Å². The number of benzene rings is 1. The van der Waals surface area contributed by atoms with Gasteiger partial charge < -0.3 is 10.4 Å². The Hall–Kier alpha value is -2.35. The van der Waals surface area contributed by atoms with Crippen LogP contribution >= 0.6 is 0 Å². The Kier molecular flexibility index (Phi) is 4.65. The summed E-state index contributed by atoms with van der Waals surface area (Å²) in [6.45, 7) is 3.42. The molecule has 0 fully saturated rings. The molecule has 0 aliphatic rings. The van der Waals surface area contributed by atoms with Crippen molar-refractivity contribution in [1.82, 2.24) is 5.32 Å². The van der Waals surface area contributed by atoms with Gasteiger partial charge >= 0.3 is 5.97 Å². The van der Waals surface area contributed by atoms with E-state index in [0.29, 0.717) is 18.4 Å². The van der Waals surface area contributed by atoms with Crippen LogP contribution in [0.5, 0.6) is 0 Å². The molecule has 1 aromatic carbocycles. The maximum absolute atomic E-state index is 12.1. The number of carboxylic acids is 1. The summed E-state index contributed by atoms with van der Waals surface area (Å²) in [5.74, 6) is -1.54. The van der Waals surface area contributed by atoms with Gasteiger partial charge in [-0.3, -0.25) is 4.79 Å². The summed E-state index contributed by atoms with van der Waals surface area (Å²) in [5, 5.41) is 20.6. The van der Waals surface area contributed by atoms with E-state index in [1.807, 2.05) is 6.07 Å². The number of aliphatic carboxylic acids is 1. The number of nitrogens with zero attached hydrogens (tertiary/aromatic N) is 1. The molecule has 2 N–H and O–H groups in total. The van der Waals surface area contributed by atoms with Crippen molar-refractivity contribution in [2.45, 2.75) is 32.2 Å². The molecule has 0 saturated carbocycles. The van der Waals surface area contributed by atoms with Crippen LogP contribution in [0, 0.1) is 11.3 Å². The van der Waals surface area contributed by atoms with Crippen molar-refractivity contribution in [3.8, 4) is 6.07 Å². The van der Waals surface area contributed by atoms with Crippen molar-refractivity contribution in [2.24, 2.45) is 0 Å². The minimum Gasteiger partial charge on any atom is -0.480 e. The number of hydrogen-bond donors (Lipinski definition) is 2. The van der Waals surface area contributed by atoms with Gasteiger partial charge in [-0.05, 0) is 31.0 Å². The lowest BCUT2D eigenvalue weighted by Crippen LogP contribution is -2.53.